The highest BCUT2D eigenvalue weighted by atomic mass is 15.5. The molecule has 1 rings (SSSR count). The van der Waals surface area contributed by atoms with Gasteiger partial charge in [-0.3, -0.25) is 5.43 Å². The SMILES string of the molecule is CCCN1CCN(NCC)CC1. The van der Waals surface area contributed by atoms with E-state index in [9.17, 15) is 0 Å². The van der Waals surface area contributed by atoms with Gasteiger partial charge in [-0.25, -0.2) is 5.01 Å². The number of piperazine rings is 1. The maximum Gasteiger partial charge on any atom is 0.0259 e. The highest BCUT2D eigenvalue weighted by Gasteiger charge is 2.14. The predicted octanol–water partition coefficient (Wildman–Crippen LogP) is 0.539. The Morgan fingerprint density at radius 2 is 1.75 bits per heavy atom. The Hall–Kier alpha value is -0.120. The van der Waals surface area contributed by atoms with E-state index >= 15 is 0 Å². The molecule has 0 unspecified atom stereocenters. The second-order valence-corrected chi connectivity index (χ2v) is 3.34. The van der Waals surface area contributed by atoms with Crippen molar-refractivity contribution in [2.45, 2.75) is 20.3 Å². The highest BCUT2D eigenvalue weighted by molar-refractivity contribution is 4.68. The van der Waals surface area contributed by atoms with Crippen LogP contribution in [0.5, 0.6) is 0 Å². The molecule has 1 fully saturated rings. The Bertz CT molecular complexity index is 94.3. The molecule has 0 aromatic heterocycles. The molecule has 3 heteroatoms. The molecule has 0 aromatic carbocycles. The molecule has 1 aliphatic heterocycles. The van der Waals surface area contributed by atoms with Crippen molar-refractivity contribution >= 4 is 0 Å². The van der Waals surface area contributed by atoms with Crippen LogP contribution in [0.25, 0.3) is 0 Å². The monoisotopic (exact) mass is 171 g/mol. The van der Waals surface area contributed by atoms with Crippen LogP contribution in [0.2, 0.25) is 0 Å². The average Bonchev–Trinajstić information content (AvgIpc) is 2.09. The third kappa shape index (κ3) is 3.09. The molecule has 72 valence electrons. The molecule has 0 amide bonds. The fourth-order valence-electron chi connectivity index (χ4n) is 1.67. The third-order valence-electron chi connectivity index (χ3n) is 2.29. The van der Waals surface area contributed by atoms with Crippen LogP contribution in [-0.2, 0) is 0 Å². The maximum atomic E-state index is 3.35. The van der Waals surface area contributed by atoms with E-state index in [1.807, 2.05) is 0 Å². The molecule has 1 saturated heterocycles. The summed E-state index contributed by atoms with van der Waals surface area (Å²) in [6.07, 6.45) is 1.28. The zero-order valence-corrected chi connectivity index (χ0v) is 8.34. The third-order valence-corrected chi connectivity index (χ3v) is 2.29. The summed E-state index contributed by atoms with van der Waals surface area (Å²) in [5.74, 6) is 0. The number of nitrogens with zero attached hydrogens (tertiary/aromatic N) is 2. The van der Waals surface area contributed by atoms with Crippen LogP contribution in [-0.4, -0.2) is 49.2 Å². The van der Waals surface area contributed by atoms with Gasteiger partial charge in [0.2, 0.25) is 0 Å². The molecule has 12 heavy (non-hydrogen) atoms. The molecule has 3 nitrogen and oxygen atoms in total. The van der Waals surface area contributed by atoms with Gasteiger partial charge in [-0.05, 0) is 13.0 Å². The van der Waals surface area contributed by atoms with Gasteiger partial charge in [0.15, 0.2) is 0 Å². The van der Waals surface area contributed by atoms with E-state index in [2.05, 4.69) is 29.2 Å². The topological polar surface area (TPSA) is 18.5 Å². The first kappa shape index (κ1) is 9.96. The zero-order valence-electron chi connectivity index (χ0n) is 8.34. The standard InChI is InChI=1S/C9H21N3/c1-3-5-11-6-8-12(9-7-11)10-4-2/h10H,3-9H2,1-2H3. The fraction of sp³-hybridized carbons (Fsp3) is 1.00. The molecular weight excluding hydrogens is 150 g/mol. The summed E-state index contributed by atoms with van der Waals surface area (Å²) < 4.78 is 0. The van der Waals surface area contributed by atoms with Gasteiger partial charge < -0.3 is 4.90 Å². The van der Waals surface area contributed by atoms with Crippen molar-refractivity contribution in [1.29, 1.82) is 0 Å². The Labute approximate surface area is 75.7 Å². The minimum Gasteiger partial charge on any atom is -0.301 e. The van der Waals surface area contributed by atoms with E-state index in [4.69, 9.17) is 0 Å². The van der Waals surface area contributed by atoms with E-state index in [1.165, 1.54) is 39.1 Å². The molecule has 0 aromatic rings. The van der Waals surface area contributed by atoms with Crippen molar-refractivity contribution in [3.05, 3.63) is 0 Å². The van der Waals surface area contributed by atoms with Gasteiger partial charge in [0.05, 0.1) is 0 Å². The van der Waals surface area contributed by atoms with Crippen molar-refractivity contribution in [3.63, 3.8) is 0 Å². The lowest BCUT2D eigenvalue weighted by atomic mass is 10.3. The van der Waals surface area contributed by atoms with E-state index in [1.54, 1.807) is 0 Å². The summed E-state index contributed by atoms with van der Waals surface area (Å²) >= 11 is 0. The van der Waals surface area contributed by atoms with E-state index in [0.717, 1.165) is 6.54 Å². The molecule has 0 atom stereocenters. The van der Waals surface area contributed by atoms with Gasteiger partial charge in [0.1, 0.15) is 0 Å². The van der Waals surface area contributed by atoms with Gasteiger partial charge in [0, 0.05) is 32.7 Å². The first-order valence-corrected chi connectivity index (χ1v) is 5.07. The molecule has 0 bridgehead atoms. The number of hydrogen-bond acceptors (Lipinski definition) is 3. The van der Waals surface area contributed by atoms with E-state index in [0.29, 0.717) is 0 Å². The Kier molecular flexibility index (Phi) is 4.58. The van der Waals surface area contributed by atoms with Crippen LogP contribution >= 0.6 is 0 Å². The minimum atomic E-state index is 1.05. The summed E-state index contributed by atoms with van der Waals surface area (Å²) in [4.78, 5) is 2.54. The van der Waals surface area contributed by atoms with Gasteiger partial charge in [-0.2, -0.15) is 0 Å². The van der Waals surface area contributed by atoms with Crippen molar-refractivity contribution in [1.82, 2.24) is 15.3 Å². The van der Waals surface area contributed by atoms with Crippen molar-refractivity contribution in [3.8, 4) is 0 Å². The molecule has 0 radical (unpaired) electrons. The lowest BCUT2D eigenvalue weighted by molar-refractivity contribution is 0.0920. The molecule has 1 aliphatic rings. The number of nitrogens with one attached hydrogen (secondary N) is 1. The fourth-order valence-corrected chi connectivity index (χ4v) is 1.67. The normalized spacial score (nSPS) is 21.5. The summed E-state index contributed by atoms with van der Waals surface area (Å²) in [5.41, 5.74) is 3.35. The summed E-state index contributed by atoms with van der Waals surface area (Å²) in [5, 5.41) is 2.33. The first-order chi connectivity index (χ1) is 5.86. The van der Waals surface area contributed by atoms with Crippen LogP contribution < -0.4 is 5.43 Å². The quantitative estimate of drug-likeness (QED) is 0.666. The van der Waals surface area contributed by atoms with Gasteiger partial charge >= 0.3 is 0 Å². The van der Waals surface area contributed by atoms with Crippen molar-refractivity contribution < 1.29 is 0 Å². The molecule has 0 saturated carbocycles. The van der Waals surface area contributed by atoms with Crippen molar-refractivity contribution in [2.24, 2.45) is 0 Å². The highest BCUT2D eigenvalue weighted by Crippen LogP contribution is 1.99. The van der Waals surface area contributed by atoms with Gasteiger partial charge in [-0.1, -0.05) is 13.8 Å². The molecular formula is C9H21N3. The second-order valence-electron chi connectivity index (χ2n) is 3.34. The lowest BCUT2D eigenvalue weighted by Crippen LogP contribution is -2.51. The Balaban J connectivity index is 2.11. The van der Waals surface area contributed by atoms with Crippen LogP contribution in [0.15, 0.2) is 0 Å². The maximum absolute atomic E-state index is 3.35. The van der Waals surface area contributed by atoms with E-state index in [-0.39, 0.29) is 0 Å². The van der Waals surface area contributed by atoms with Crippen LogP contribution in [0.4, 0.5) is 0 Å². The minimum absolute atomic E-state index is 1.05. The summed E-state index contributed by atoms with van der Waals surface area (Å²) in [7, 11) is 0. The lowest BCUT2D eigenvalue weighted by Gasteiger charge is -2.34. The van der Waals surface area contributed by atoms with Crippen molar-refractivity contribution in [2.75, 3.05) is 39.3 Å². The predicted molar refractivity (Wildman–Crippen MR) is 52.0 cm³/mol. The zero-order chi connectivity index (χ0) is 8.81. The average molecular weight is 171 g/mol. The van der Waals surface area contributed by atoms with Crippen LogP contribution in [0.1, 0.15) is 20.3 Å². The van der Waals surface area contributed by atoms with Gasteiger partial charge in [-0.15, -0.1) is 0 Å². The summed E-state index contributed by atoms with van der Waals surface area (Å²) in [6, 6.07) is 0. The smallest absolute Gasteiger partial charge is 0.0259 e. The van der Waals surface area contributed by atoms with Crippen LogP contribution in [0.3, 0.4) is 0 Å². The molecule has 1 heterocycles. The largest absolute Gasteiger partial charge is 0.301 e. The Morgan fingerprint density at radius 1 is 1.08 bits per heavy atom. The number of hydrazine groups is 1. The first-order valence-electron chi connectivity index (χ1n) is 5.07. The van der Waals surface area contributed by atoms with E-state index < -0.39 is 0 Å². The second kappa shape index (κ2) is 5.51. The number of rotatable bonds is 4. The summed E-state index contributed by atoms with van der Waals surface area (Å²) in [6.45, 7) is 11.5. The number of hydrogen-bond donors (Lipinski definition) is 1. The van der Waals surface area contributed by atoms with Gasteiger partial charge in [0.25, 0.3) is 0 Å². The molecule has 1 N–H and O–H groups in total. The Morgan fingerprint density at radius 3 is 2.25 bits per heavy atom. The molecule has 0 aliphatic carbocycles. The molecule has 0 spiro atoms. The van der Waals surface area contributed by atoms with Crippen LogP contribution in [0, 0.1) is 0 Å².